The molecule has 0 amide bonds. The fourth-order valence-electron chi connectivity index (χ4n) is 1.76. The molecule has 0 saturated heterocycles. The largest absolute Gasteiger partial charge is 0.416 e. The zero-order valence-corrected chi connectivity index (χ0v) is 9.46. The van der Waals surface area contributed by atoms with E-state index in [1.165, 1.54) is 12.1 Å². The Morgan fingerprint density at radius 1 is 1.24 bits per heavy atom. The van der Waals surface area contributed by atoms with Crippen molar-refractivity contribution < 1.29 is 13.2 Å². The minimum atomic E-state index is -4.28. The van der Waals surface area contributed by atoms with Crippen LogP contribution in [-0.4, -0.2) is 12.3 Å². The molecule has 0 atom stereocenters. The highest BCUT2D eigenvalue weighted by atomic mass is 19.4. The summed E-state index contributed by atoms with van der Waals surface area (Å²) in [6, 6.07) is 5.11. The van der Waals surface area contributed by atoms with Crippen LogP contribution in [0.5, 0.6) is 0 Å². The first-order chi connectivity index (χ1) is 8.00. The third kappa shape index (κ3) is 2.60. The zero-order chi connectivity index (χ0) is 12.5. The molecule has 1 heterocycles. The zero-order valence-electron chi connectivity index (χ0n) is 9.46. The summed E-state index contributed by atoms with van der Waals surface area (Å²) in [4.78, 5) is 0. The highest BCUT2D eigenvalue weighted by molar-refractivity contribution is 5.87. The van der Waals surface area contributed by atoms with E-state index in [4.69, 9.17) is 0 Å². The molecule has 1 aromatic carbocycles. The fraction of sp³-hybridized carbons (Fsp3) is 0.417. The van der Waals surface area contributed by atoms with Crippen molar-refractivity contribution >= 4 is 11.4 Å². The number of alkyl halides is 3. The molecule has 1 aliphatic heterocycles. The van der Waals surface area contributed by atoms with Gasteiger partial charge >= 0.3 is 6.18 Å². The molecule has 0 fully saturated rings. The quantitative estimate of drug-likeness (QED) is 0.772. The van der Waals surface area contributed by atoms with Gasteiger partial charge in [-0.1, -0.05) is 6.92 Å². The summed E-state index contributed by atoms with van der Waals surface area (Å²) in [7, 11) is 0. The SMILES string of the molecule is CCC1=NN(c2ccc(C(F)(F)F)cc2)CC1. The third-order valence-electron chi connectivity index (χ3n) is 2.78. The summed E-state index contributed by atoms with van der Waals surface area (Å²) in [6.07, 6.45) is -2.50. The molecule has 0 spiro atoms. The lowest BCUT2D eigenvalue weighted by atomic mass is 10.2. The van der Waals surface area contributed by atoms with Crippen LogP contribution in [0.4, 0.5) is 18.9 Å². The van der Waals surface area contributed by atoms with Crippen molar-refractivity contribution in [1.82, 2.24) is 0 Å². The van der Waals surface area contributed by atoms with Crippen LogP contribution in [0.15, 0.2) is 29.4 Å². The predicted molar refractivity (Wildman–Crippen MR) is 61.1 cm³/mol. The van der Waals surface area contributed by atoms with Crippen molar-refractivity contribution in [3.63, 3.8) is 0 Å². The lowest BCUT2D eigenvalue weighted by molar-refractivity contribution is -0.137. The second-order valence-corrected chi connectivity index (χ2v) is 3.94. The molecular formula is C12H13F3N2. The number of benzene rings is 1. The van der Waals surface area contributed by atoms with Gasteiger partial charge in [0.2, 0.25) is 0 Å². The minimum Gasteiger partial charge on any atom is -0.265 e. The molecule has 1 aliphatic rings. The van der Waals surface area contributed by atoms with Crippen molar-refractivity contribution in [2.45, 2.75) is 25.9 Å². The second kappa shape index (κ2) is 4.39. The monoisotopic (exact) mass is 242 g/mol. The summed E-state index contributed by atoms with van der Waals surface area (Å²) in [6.45, 7) is 2.77. The fourth-order valence-corrected chi connectivity index (χ4v) is 1.76. The van der Waals surface area contributed by atoms with E-state index in [2.05, 4.69) is 5.10 Å². The molecule has 0 saturated carbocycles. The Labute approximate surface area is 97.7 Å². The first kappa shape index (κ1) is 12.0. The van der Waals surface area contributed by atoms with E-state index < -0.39 is 11.7 Å². The molecule has 5 heteroatoms. The van der Waals surface area contributed by atoms with Crippen LogP contribution in [0.2, 0.25) is 0 Å². The van der Waals surface area contributed by atoms with E-state index in [1.807, 2.05) is 6.92 Å². The van der Waals surface area contributed by atoms with Gasteiger partial charge in [-0.2, -0.15) is 18.3 Å². The first-order valence-electron chi connectivity index (χ1n) is 5.52. The van der Waals surface area contributed by atoms with Gasteiger partial charge in [-0.05, 0) is 30.7 Å². The van der Waals surface area contributed by atoms with Gasteiger partial charge in [-0.25, -0.2) is 0 Å². The topological polar surface area (TPSA) is 15.6 Å². The number of halogens is 3. The Bertz CT molecular complexity index is 420. The van der Waals surface area contributed by atoms with Gasteiger partial charge in [0.05, 0.1) is 11.3 Å². The van der Waals surface area contributed by atoms with Crippen molar-refractivity contribution in [1.29, 1.82) is 0 Å². The number of hydrogen-bond donors (Lipinski definition) is 0. The number of nitrogens with zero attached hydrogens (tertiary/aromatic N) is 2. The summed E-state index contributed by atoms with van der Waals surface area (Å²) in [5.41, 5.74) is 1.17. The molecule has 2 nitrogen and oxygen atoms in total. The number of anilines is 1. The average molecular weight is 242 g/mol. The first-order valence-corrected chi connectivity index (χ1v) is 5.52. The maximum absolute atomic E-state index is 12.4. The predicted octanol–water partition coefficient (Wildman–Crippen LogP) is 3.68. The molecule has 0 radical (unpaired) electrons. The Morgan fingerprint density at radius 3 is 2.35 bits per heavy atom. The van der Waals surface area contributed by atoms with Gasteiger partial charge in [0.1, 0.15) is 0 Å². The van der Waals surface area contributed by atoms with Gasteiger partial charge in [0.15, 0.2) is 0 Å². The van der Waals surface area contributed by atoms with Gasteiger partial charge in [0, 0.05) is 18.7 Å². The van der Waals surface area contributed by atoms with Gasteiger partial charge < -0.3 is 0 Å². The third-order valence-corrected chi connectivity index (χ3v) is 2.78. The average Bonchev–Trinajstić information content (AvgIpc) is 2.76. The summed E-state index contributed by atoms with van der Waals surface area (Å²) in [5, 5.41) is 6.09. The Hall–Kier alpha value is -1.52. The summed E-state index contributed by atoms with van der Waals surface area (Å²) >= 11 is 0. The highest BCUT2D eigenvalue weighted by Crippen LogP contribution is 2.31. The smallest absolute Gasteiger partial charge is 0.265 e. The maximum Gasteiger partial charge on any atom is 0.416 e. The van der Waals surface area contributed by atoms with E-state index in [9.17, 15) is 13.2 Å². The maximum atomic E-state index is 12.4. The second-order valence-electron chi connectivity index (χ2n) is 3.94. The van der Waals surface area contributed by atoms with E-state index >= 15 is 0 Å². The standard InChI is InChI=1S/C12H13F3N2/c1-2-10-7-8-17(16-10)11-5-3-9(4-6-11)12(13,14)15/h3-6H,2,7-8H2,1H3. The molecule has 1 aromatic rings. The van der Waals surface area contributed by atoms with E-state index in [1.54, 1.807) is 5.01 Å². The van der Waals surface area contributed by atoms with Crippen LogP contribution in [-0.2, 0) is 6.18 Å². The summed E-state index contributed by atoms with van der Waals surface area (Å²) in [5.74, 6) is 0. The van der Waals surface area contributed by atoms with Crippen LogP contribution in [0, 0.1) is 0 Å². The van der Waals surface area contributed by atoms with E-state index in [-0.39, 0.29) is 0 Å². The molecule has 92 valence electrons. The van der Waals surface area contributed by atoms with Crippen LogP contribution in [0.3, 0.4) is 0 Å². The highest BCUT2D eigenvalue weighted by Gasteiger charge is 2.30. The Kier molecular flexibility index (Phi) is 3.09. The lowest BCUT2D eigenvalue weighted by Crippen LogP contribution is -2.12. The number of hydrogen-bond acceptors (Lipinski definition) is 2. The number of rotatable bonds is 2. The molecule has 0 unspecified atom stereocenters. The molecule has 0 bridgehead atoms. The van der Waals surface area contributed by atoms with Gasteiger partial charge in [0.25, 0.3) is 0 Å². The molecule has 0 aliphatic carbocycles. The van der Waals surface area contributed by atoms with Crippen molar-refractivity contribution in [3.05, 3.63) is 29.8 Å². The van der Waals surface area contributed by atoms with Crippen molar-refractivity contribution in [3.8, 4) is 0 Å². The number of hydrazone groups is 1. The molecule has 2 rings (SSSR count). The van der Waals surface area contributed by atoms with Crippen LogP contribution < -0.4 is 5.01 Å². The Morgan fingerprint density at radius 2 is 1.88 bits per heavy atom. The van der Waals surface area contributed by atoms with Gasteiger partial charge in [-0.15, -0.1) is 0 Å². The molecular weight excluding hydrogens is 229 g/mol. The van der Waals surface area contributed by atoms with Crippen LogP contribution in [0.25, 0.3) is 0 Å². The normalized spacial score (nSPS) is 16.2. The molecule has 0 aromatic heterocycles. The van der Waals surface area contributed by atoms with E-state index in [0.29, 0.717) is 5.69 Å². The molecule has 0 N–H and O–H groups in total. The van der Waals surface area contributed by atoms with Gasteiger partial charge in [-0.3, -0.25) is 5.01 Å². The van der Waals surface area contributed by atoms with E-state index in [0.717, 1.165) is 37.2 Å². The summed E-state index contributed by atoms with van der Waals surface area (Å²) < 4.78 is 37.1. The lowest BCUT2D eigenvalue weighted by Gasteiger charge is -2.14. The minimum absolute atomic E-state index is 0.625. The van der Waals surface area contributed by atoms with Crippen molar-refractivity contribution in [2.24, 2.45) is 5.10 Å². The van der Waals surface area contributed by atoms with Crippen molar-refractivity contribution in [2.75, 3.05) is 11.6 Å². The Balaban J connectivity index is 2.17. The van der Waals surface area contributed by atoms with Crippen LogP contribution in [0.1, 0.15) is 25.3 Å². The molecule has 17 heavy (non-hydrogen) atoms. The van der Waals surface area contributed by atoms with Crippen LogP contribution >= 0.6 is 0 Å².